The minimum atomic E-state index is 0.311. The number of rotatable bonds is 3. The van der Waals surface area contributed by atoms with Crippen molar-refractivity contribution in [3.05, 3.63) is 28.9 Å². The SMILES string of the molecule is CNCc1ncc(-c2cc3c(cc2C)OCO3)s1. The molecule has 0 saturated heterocycles. The van der Waals surface area contributed by atoms with Crippen LogP contribution in [0.25, 0.3) is 10.4 Å². The Kier molecular flexibility index (Phi) is 2.93. The molecular weight excluding hydrogens is 248 g/mol. The summed E-state index contributed by atoms with van der Waals surface area (Å²) < 4.78 is 10.8. The Morgan fingerprint density at radius 2 is 2.11 bits per heavy atom. The molecule has 0 radical (unpaired) electrons. The largest absolute Gasteiger partial charge is 0.454 e. The van der Waals surface area contributed by atoms with E-state index >= 15 is 0 Å². The normalized spacial score (nSPS) is 13.0. The van der Waals surface area contributed by atoms with Crippen molar-refractivity contribution in [1.82, 2.24) is 10.3 Å². The van der Waals surface area contributed by atoms with Crippen molar-refractivity contribution in [1.29, 1.82) is 0 Å². The Labute approximate surface area is 110 Å². The highest BCUT2D eigenvalue weighted by Crippen LogP contribution is 2.39. The first-order chi connectivity index (χ1) is 8.78. The van der Waals surface area contributed by atoms with Gasteiger partial charge in [-0.25, -0.2) is 4.98 Å². The molecule has 0 spiro atoms. The van der Waals surface area contributed by atoms with Gasteiger partial charge in [-0.05, 0) is 31.7 Å². The number of aryl methyl sites for hydroxylation is 1. The third kappa shape index (κ3) is 1.95. The number of nitrogens with zero attached hydrogens (tertiary/aromatic N) is 1. The minimum absolute atomic E-state index is 0.311. The van der Waals surface area contributed by atoms with E-state index in [4.69, 9.17) is 9.47 Å². The second kappa shape index (κ2) is 4.59. The fourth-order valence-corrected chi connectivity index (χ4v) is 2.99. The molecule has 1 aromatic carbocycles. The van der Waals surface area contributed by atoms with E-state index in [2.05, 4.69) is 17.2 Å². The van der Waals surface area contributed by atoms with E-state index in [1.54, 1.807) is 11.3 Å². The fourth-order valence-electron chi connectivity index (χ4n) is 1.98. The average molecular weight is 262 g/mol. The lowest BCUT2D eigenvalue weighted by Gasteiger charge is -2.04. The predicted octanol–water partition coefficient (Wildman–Crippen LogP) is 2.57. The van der Waals surface area contributed by atoms with E-state index in [1.165, 1.54) is 11.1 Å². The molecule has 0 unspecified atom stereocenters. The summed E-state index contributed by atoms with van der Waals surface area (Å²) >= 11 is 1.70. The zero-order valence-corrected chi connectivity index (χ0v) is 11.1. The molecule has 1 N–H and O–H groups in total. The lowest BCUT2D eigenvalue weighted by atomic mass is 10.1. The van der Waals surface area contributed by atoms with E-state index in [9.17, 15) is 0 Å². The molecule has 0 atom stereocenters. The second-order valence-electron chi connectivity index (χ2n) is 4.17. The van der Waals surface area contributed by atoms with Crippen molar-refractivity contribution in [3.63, 3.8) is 0 Å². The van der Waals surface area contributed by atoms with Gasteiger partial charge in [0.15, 0.2) is 11.5 Å². The number of hydrogen-bond acceptors (Lipinski definition) is 5. The van der Waals surface area contributed by atoms with E-state index in [-0.39, 0.29) is 0 Å². The second-order valence-corrected chi connectivity index (χ2v) is 5.28. The van der Waals surface area contributed by atoms with Crippen LogP contribution >= 0.6 is 11.3 Å². The molecule has 0 saturated carbocycles. The van der Waals surface area contributed by atoms with Gasteiger partial charge in [-0.1, -0.05) is 0 Å². The van der Waals surface area contributed by atoms with Crippen LogP contribution in [0.3, 0.4) is 0 Å². The first-order valence-corrected chi connectivity index (χ1v) is 6.59. The van der Waals surface area contributed by atoms with Gasteiger partial charge in [0.2, 0.25) is 6.79 Å². The molecule has 2 aromatic rings. The zero-order chi connectivity index (χ0) is 12.5. The maximum atomic E-state index is 5.42. The Morgan fingerprint density at radius 3 is 2.89 bits per heavy atom. The van der Waals surface area contributed by atoms with Crippen LogP contribution in [0.2, 0.25) is 0 Å². The molecule has 0 aliphatic carbocycles. The van der Waals surface area contributed by atoms with Gasteiger partial charge < -0.3 is 14.8 Å². The van der Waals surface area contributed by atoms with E-state index < -0.39 is 0 Å². The Bertz CT molecular complexity index is 580. The molecule has 3 rings (SSSR count). The van der Waals surface area contributed by atoms with Gasteiger partial charge in [0.05, 0.1) is 4.88 Å². The Balaban J connectivity index is 2.00. The summed E-state index contributed by atoms with van der Waals surface area (Å²) in [5.41, 5.74) is 2.35. The van der Waals surface area contributed by atoms with Crippen LogP contribution in [0, 0.1) is 6.92 Å². The molecule has 18 heavy (non-hydrogen) atoms. The summed E-state index contributed by atoms with van der Waals surface area (Å²) in [6.07, 6.45) is 1.92. The standard InChI is InChI=1S/C13H14N2O2S/c1-8-3-10-11(17-7-16-10)4-9(8)12-5-15-13(18-12)6-14-2/h3-5,14H,6-7H2,1-2H3. The summed E-state index contributed by atoms with van der Waals surface area (Å²) in [5.74, 6) is 1.65. The third-order valence-corrected chi connectivity index (χ3v) is 3.90. The lowest BCUT2D eigenvalue weighted by Crippen LogP contribution is -2.03. The Hall–Kier alpha value is -1.59. The average Bonchev–Trinajstić information content (AvgIpc) is 2.96. The van der Waals surface area contributed by atoms with Crippen LogP contribution in [-0.2, 0) is 6.54 Å². The van der Waals surface area contributed by atoms with Crippen molar-refractivity contribution in [2.24, 2.45) is 0 Å². The molecule has 1 aliphatic heterocycles. The quantitative estimate of drug-likeness (QED) is 0.923. The smallest absolute Gasteiger partial charge is 0.231 e. The predicted molar refractivity (Wildman–Crippen MR) is 71.2 cm³/mol. The van der Waals surface area contributed by atoms with Crippen LogP contribution in [0.5, 0.6) is 11.5 Å². The number of thiazole rings is 1. The maximum Gasteiger partial charge on any atom is 0.231 e. The number of hydrogen-bond donors (Lipinski definition) is 1. The van der Waals surface area contributed by atoms with Gasteiger partial charge in [-0.15, -0.1) is 11.3 Å². The van der Waals surface area contributed by atoms with Crippen molar-refractivity contribution in [2.45, 2.75) is 13.5 Å². The fraction of sp³-hybridized carbons (Fsp3) is 0.308. The molecule has 1 aliphatic rings. The highest BCUT2D eigenvalue weighted by molar-refractivity contribution is 7.15. The molecule has 0 fully saturated rings. The molecule has 0 amide bonds. The number of nitrogens with one attached hydrogen (secondary N) is 1. The molecule has 1 aromatic heterocycles. The van der Waals surface area contributed by atoms with Gasteiger partial charge in [-0.3, -0.25) is 0 Å². The maximum absolute atomic E-state index is 5.42. The summed E-state index contributed by atoms with van der Waals surface area (Å²) in [6, 6.07) is 4.06. The lowest BCUT2D eigenvalue weighted by molar-refractivity contribution is 0.174. The summed E-state index contributed by atoms with van der Waals surface area (Å²) in [7, 11) is 1.92. The number of benzene rings is 1. The summed E-state index contributed by atoms with van der Waals surface area (Å²) in [5, 5.41) is 4.20. The highest BCUT2D eigenvalue weighted by Gasteiger charge is 2.17. The zero-order valence-electron chi connectivity index (χ0n) is 10.3. The monoisotopic (exact) mass is 262 g/mol. The molecule has 5 heteroatoms. The summed E-state index contributed by atoms with van der Waals surface area (Å²) in [6.45, 7) is 3.19. The number of aromatic nitrogens is 1. The van der Waals surface area contributed by atoms with E-state index in [0.717, 1.165) is 27.9 Å². The molecule has 2 heterocycles. The van der Waals surface area contributed by atoms with Gasteiger partial charge in [0.1, 0.15) is 5.01 Å². The molecule has 94 valence electrons. The molecular formula is C13H14N2O2S. The van der Waals surface area contributed by atoms with Crippen LogP contribution in [0.1, 0.15) is 10.6 Å². The van der Waals surface area contributed by atoms with Crippen LogP contribution in [-0.4, -0.2) is 18.8 Å². The number of ether oxygens (including phenoxy) is 2. The first-order valence-electron chi connectivity index (χ1n) is 5.78. The Morgan fingerprint density at radius 1 is 1.33 bits per heavy atom. The van der Waals surface area contributed by atoms with Crippen molar-refractivity contribution < 1.29 is 9.47 Å². The topological polar surface area (TPSA) is 43.4 Å². The number of fused-ring (bicyclic) bond motifs is 1. The van der Waals surface area contributed by atoms with E-state index in [1.807, 2.05) is 25.4 Å². The van der Waals surface area contributed by atoms with E-state index in [0.29, 0.717) is 6.79 Å². The third-order valence-electron chi connectivity index (χ3n) is 2.87. The minimum Gasteiger partial charge on any atom is -0.454 e. The van der Waals surface area contributed by atoms with Gasteiger partial charge in [0.25, 0.3) is 0 Å². The highest BCUT2D eigenvalue weighted by atomic mass is 32.1. The van der Waals surface area contributed by atoms with Crippen LogP contribution < -0.4 is 14.8 Å². The van der Waals surface area contributed by atoms with Crippen LogP contribution in [0.15, 0.2) is 18.3 Å². The first kappa shape index (κ1) is 11.5. The van der Waals surface area contributed by atoms with Gasteiger partial charge in [0, 0.05) is 18.3 Å². The van der Waals surface area contributed by atoms with Crippen molar-refractivity contribution in [3.8, 4) is 21.9 Å². The molecule has 0 bridgehead atoms. The van der Waals surface area contributed by atoms with Crippen LogP contribution in [0.4, 0.5) is 0 Å². The van der Waals surface area contributed by atoms with Gasteiger partial charge >= 0.3 is 0 Å². The molecule has 4 nitrogen and oxygen atoms in total. The van der Waals surface area contributed by atoms with Crippen molar-refractivity contribution >= 4 is 11.3 Å². The van der Waals surface area contributed by atoms with Crippen molar-refractivity contribution in [2.75, 3.05) is 13.8 Å². The summed E-state index contributed by atoms with van der Waals surface area (Å²) in [4.78, 5) is 5.56. The van der Waals surface area contributed by atoms with Gasteiger partial charge in [-0.2, -0.15) is 0 Å².